The van der Waals surface area contributed by atoms with Crippen LogP contribution >= 0.6 is 11.8 Å². The molecular weight excluding hydrogens is 196 g/mol. The van der Waals surface area contributed by atoms with Gasteiger partial charge in [-0.3, -0.25) is 4.79 Å². The molecular formula is C10H14N2OS. The van der Waals surface area contributed by atoms with Crippen molar-refractivity contribution in [3.63, 3.8) is 0 Å². The maximum atomic E-state index is 10.8. The zero-order valence-electron chi connectivity index (χ0n) is 8.03. The first-order chi connectivity index (χ1) is 6.84. The molecule has 2 rings (SSSR count). The van der Waals surface area contributed by atoms with Gasteiger partial charge in [0.05, 0.1) is 5.69 Å². The van der Waals surface area contributed by atoms with Crippen LogP contribution in [0.3, 0.4) is 0 Å². The lowest BCUT2D eigenvalue weighted by Crippen LogP contribution is -2.16. The van der Waals surface area contributed by atoms with Crippen molar-refractivity contribution in [2.45, 2.75) is 19.3 Å². The van der Waals surface area contributed by atoms with Crippen LogP contribution in [-0.2, 0) is 6.42 Å². The molecule has 76 valence electrons. The van der Waals surface area contributed by atoms with Gasteiger partial charge in [0.25, 0.3) is 5.56 Å². The van der Waals surface area contributed by atoms with E-state index < -0.39 is 0 Å². The molecule has 0 saturated carbocycles. The van der Waals surface area contributed by atoms with Crippen LogP contribution in [0.5, 0.6) is 0 Å². The van der Waals surface area contributed by atoms with Crippen molar-refractivity contribution in [2.75, 3.05) is 11.5 Å². The lowest BCUT2D eigenvalue weighted by molar-refractivity contribution is 0.512. The molecule has 14 heavy (non-hydrogen) atoms. The smallest absolute Gasteiger partial charge is 0.264 e. The van der Waals surface area contributed by atoms with Gasteiger partial charge in [0.2, 0.25) is 0 Å². The number of rotatable bonds is 2. The molecule has 0 radical (unpaired) electrons. The molecule has 2 heterocycles. The van der Waals surface area contributed by atoms with Crippen LogP contribution in [0.4, 0.5) is 0 Å². The van der Waals surface area contributed by atoms with Gasteiger partial charge in [-0.15, -0.1) is 0 Å². The normalized spacial score (nSPS) is 22.1. The van der Waals surface area contributed by atoms with Crippen LogP contribution in [0.15, 0.2) is 16.9 Å². The minimum absolute atomic E-state index is 0.119. The van der Waals surface area contributed by atoms with Gasteiger partial charge in [-0.2, -0.15) is 16.9 Å². The van der Waals surface area contributed by atoms with Crippen LogP contribution in [0.2, 0.25) is 0 Å². The lowest BCUT2D eigenvalue weighted by atomic mass is 9.99. The average molecular weight is 210 g/mol. The first kappa shape index (κ1) is 9.77. The Labute approximate surface area is 87.3 Å². The third-order valence-electron chi connectivity index (χ3n) is 2.49. The van der Waals surface area contributed by atoms with Crippen molar-refractivity contribution >= 4 is 11.8 Å². The molecule has 1 aromatic heterocycles. The number of aromatic nitrogens is 2. The SMILES string of the molecule is O=c1ccc(CC2CCCSC2)n[nH]1. The number of hydrogen-bond acceptors (Lipinski definition) is 3. The number of H-pyrrole nitrogens is 1. The Kier molecular flexibility index (Phi) is 3.24. The van der Waals surface area contributed by atoms with E-state index in [1.54, 1.807) is 6.07 Å². The van der Waals surface area contributed by atoms with Gasteiger partial charge in [0.1, 0.15) is 0 Å². The van der Waals surface area contributed by atoms with Gasteiger partial charge in [-0.1, -0.05) is 0 Å². The lowest BCUT2D eigenvalue weighted by Gasteiger charge is -2.20. The molecule has 1 saturated heterocycles. The Morgan fingerprint density at radius 2 is 2.50 bits per heavy atom. The summed E-state index contributed by atoms with van der Waals surface area (Å²) in [6.45, 7) is 0. The Balaban J connectivity index is 1.96. The predicted molar refractivity (Wildman–Crippen MR) is 58.6 cm³/mol. The quantitative estimate of drug-likeness (QED) is 0.803. The predicted octanol–water partition coefficient (Wildman–Crippen LogP) is 1.46. The van der Waals surface area contributed by atoms with Gasteiger partial charge in [0, 0.05) is 6.07 Å². The molecule has 1 aliphatic rings. The summed E-state index contributed by atoms with van der Waals surface area (Å²) in [5.41, 5.74) is 0.892. The van der Waals surface area contributed by atoms with Gasteiger partial charge >= 0.3 is 0 Å². The summed E-state index contributed by atoms with van der Waals surface area (Å²) < 4.78 is 0. The molecule has 1 fully saturated rings. The summed E-state index contributed by atoms with van der Waals surface area (Å²) in [4.78, 5) is 10.8. The molecule has 0 aromatic carbocycles. The Bertz CT molecular complexity index is 324. The highest BCUT2D eigenvalue weighted by Gasteiger charge is 2.14. The van der Waals surface area contributed by atoms with Crippen molar-refractivity contribution in [1.29, 1.82) is 0 Å². The maximum Gasteiger partial charge on any atom is 0.264 e. The molecule has 1 N–H and O–H groups in total. The fourth-order valence-electron chi connectivity index (χ4n) is 1.75. The number of thioether (sulfide) groups is 1. The largest absolute Gasteiger partial charge is 0.268 e. The zero-order valence-corrected chi connectivity index (χ0v) is 8.85. The third-order valence-corrected chi connectivity index (χ3v) is 3.77. The van der Waals surface area contributed by atoms with E-state index in [0.29, 0.717) is 0 Å². The number of nitrogens with zero attached hydrogens (tertiary/aromatic N) is 1. The Morgan fingerprint density at radius 1 is 1.57 bits per heavy atom. The molecule has 1 unspecified atom stereocenters. The van der Waals surface area contributed by atoms with Crippen LogP contribution in [0.25, 0.3) is 0 Å². The Morgan fingerprint density at radius 3 is 3.14 bits per heavy atom. The van der Waals surface area contributed by atoms with E-state index in [4.69, 9.17) is 0 Å². The summed E-state index contributed by atoms with van der Waals surface area (Å²) in [7, 11) is 0. The van der Waals surface area contributed by atoms with Crippen LogP contribution in [0.1, 0.15) is 18.5 Å². The van der Waals surface area contributed by atoms with Crippen molar-refractivity contribution in [3.05, 3.63) is 28.2 Å². The van der Waals surface area contributed by atoms with Crippen LogP contribution < -0.4 is 5.56 Å². The van der Waals surface area contributed by atoms with Crippen molar-refractivity contribution in [1.82, 2.24) is 10.2 Å². The van der Waals surface area contributed by atoms with Crippen molar-refractivity contribution in [3.8, 4) is 0 Å². The molecule has 3 nitrogen and oxygen atoms in total. The number of nitrogens with one attached hydrogen (secondary N) is 1. The highest BCUT2D eigenvalue weighted by Crippen LogP contribution is 2.24. The van der Waals surface area contributed by atoms with E-state index in [-0.39, 0.29) is 5.56 Å². The average Bonchev–Trinajstić information content (AvgIpc) is 2.23. The standard InChI is InChI=1S/C10H14N2OS/c13-10-4-3-9(11-12-10)6-8-2-1-5-14-7-8/h3-4,8H,1-2,5-7H2,(H,12,13). The summed E-state index contributed by atoms with van der Waals surface area (Å²) in [5, 5.41) is 6.50. The fourth-order valence-corrected chi connectivity index (χ4v) is 2.91. The number of hydrogen-bond donors (Lipinski definition) is 1. The van der Waals surface area contributed by atoms with E-state index in [9.17, 15) is 4.79 Å². The first-order valence-electron chi connectivity index (χ1n) is 4.97. The van der Waals surface area contributed by atoms with E-state index in [0.717, 1.165) is 18.0 Å². The summed E-state index contributed by atoms with van der Waals surface area (Å²) in [6.07, 6.45) is 3.62. The van der Waals surface area contributed by atoms with E-state index >= 15 is 0 Å². The molecule has 0 amide bonds. The second-order valence-corrected chi connectivity index (χ2v) is 4.85. The first-order valence-corrected chi connectivity index (χ1v) is 6.12. The van der Waals surface area contributed by atoms with Crippen molar-refractivity contribution < 1.29 is 0 Å². The molecule has 0 bridgehead atoms. The fraction of sp³-hybridized carbons (Fsp3) is 0.600. The van der Waals surface area contributed by atoms with E-state index in [1.165, 1.54) is 24.3 Å². The molecule has 4 heteroatoms. The van der Waals surface area contributed by atoms with E-state index in [1.807, 2.05) is 17.8 Å². The van der Waals surface area contributed by atoms with Crippen LogP contribution in [0, 0.1) is 5.92 Å². The molecule has 0 spiro atoms. The second-order valence-electron chi connectivity index (χ2n) is 3.70. The van der Waals surface area contributed by atoms with Gasteiger partial charge in [-0.25, -0.2) is 5.10 Å². The molecule has 1 aromatic rings. The maximum absolute atomic E-state index is 10.8. The minimum Gasteiger partial charge on any atom is -0.268 e. The zero-order chi connectivity index (χ0) is 9.80. The van der Waals surface area contributed by atoms with Crippen LogP contribution in [-0.4, -0.2) is 21.7 Å². The monoisotopic (exact) mass is 210 g/mol. The van der Waals surface area contributed by atoms with Gasteiger partial charge in [-0.05, 0) is 42.8 Å². The van der Waals surface area contributed by atoms with Crippen molar-refractivity contribution in [2.24, 2.45) is 5.92 Å². The highest BCUT2D eigenvalue weighted by molar-refractivity contribution is 7.99. The minimum atomic E-state index is -0.119. The van der Waals surface area contributed by atoms with Gasteiger partial charge in [0.15, 0.2) is 0 Å². The van der Waals surface area contributed by atoms with E-state index in [2.05, 4.69) is 10.2 Å². The third kappa shape index (κ3) is 2.61. The van der Waals surface area contributed by atoms with Gasteiger partial charge < -0.3 is 0 Å². The summed E-state index contributed by atoms with van der Waals surface area (Å²) in [6, 6.07) is 3.39. The number of aromatic amines is 1. The topological polar surface area (TPSA) is 45.8 Å². The molecule has 1 atom stereocenters. The summed E-state index contributed by atoms with van der Waals surface area (Å²) in [5.74, 6) is 3.28. The summed E-state index contributed by atoms with van der Waals surface area (Å²) >= 11 is 2.03. The highest BCUT2D eigenvalue weighted by atomic mass is 32.2. The molecule has 0 aliphatic carbocycles. The second kappa shape index (κ2) is 4.64. The molecule has 1 aliphatic heterocycles. The Hall–Kier alpha value is -0.770.